The first-order valence-electron chi connectivity index (χ1n) is 11.5. The van der Waals surface area contributed by atoms with Gasteiger partial charge in [0.1, 0.15) is 0 Å². The van der Waals surface area contributed by atoms with Crippen LogP contribution in [0.15, 0.2) is 40.7 Å². The SMILES string of the molecule is CCOC(=O)COc1ccc(C2C(C(=O)OC)=C(C)NC3=C2C(=O)CC(C)(C)C3)cc1OCC. The van der Waals surface area contributed by atoms with E-state index in [1.54, 1.807) is 25.1 Å². The van der Waals surface area contributed by atoms with Crippen LogP contribution in [0.4, 0.5) is 0 Å². The second-order valence-corrected chi connectivity index (χ2v) is 9.15. The van der Waals surface area contributed by atoms with Crippen molar-refractivity contribution < 1.29 is 33.3 Å². The van der Waals surface area contributed by atoms with Gasteiger partial charge in [-0.3, -0.25) is 4.79 Å². The zero-order valence-corrected chi connectivity index (χ0v) is 20.7. The Bertz CT molecular complexity index is 1050. The number of hydrogen-bond acceptors (Lipinski definition) is 8. The van der Waals surface area contributed by atoms with E-state index < -0.39 is 17.9 Å². The van der Waals surface area contributed by atoms with Gasteiger partial charge in [-0.1, -0.05) is 19.9 Å². The number of methoxy groups -OCH3 is 1. The van der Waals surface area contributed by atoms with Gasteiger partial charge in [-0.25, -0.2) is 9.59 Å². The molecule has 1 N–H and O–H groups in total. The third-order valence-electron chi connectivity index (χ3n) is 5.90. The Morgan fingerprint density at radius 1 is 1.09 bits per heavy atom. The molecule has 0 saturated heterocycles. The largest absolute Gasteiger partial charge is 0.490 e. The summed E-state index contributed by atoms with van der Waals surface area (Å²) in [7, 11) is 1.33. The molecule has 34 heavy (non-hydrogen) atoms. The number of benzene rings is 1. The first-order valence-corrected chi connectivity index (χ1v) is 11.5. The topological polar surface area (TPSA) is 100 Å². The second kappa shape index (κ2) is 10.3. The minimum absolute atomic E-state index is 0.00162. The van der Waals surface area contributed by atoms with Crippen molar-refractivity contribution in [1.29, 1.82) is 0 Å². The van der Waals surface area contributed by atoms with Crippen LogP contribution in [-0.2, 0) is 23.9 Å². The highest BCUT2D eigenvalue weighted by molar-refractivity contribution is 6.04. The predicted molar refractivity (Wildman–Crippen MR) is 125 cm³/mol. The lowest BCUT2D eigenvalue weighted by molar-refractivity contribution is -0.145. The fourth-order valence-electron chi connectivity index (χ4n) is 4.58. The van der Waals surface area contributed by atoms with E-state index in [0.717, 1.165) is 5.70 Å². The molecule has 0 amide bonds. The van der Waals surface area contributed by atoms with Crippen LogP contribution >= 0.6 is 0 Å². The van der Waals surface area contributed by atoms with E-state index in [0.29, 0.717) is 53.4 Å². The van der Waals surface area contributed by atoms with E-state index in [2.05, 4.69) is 19.2 Å². The van der Waals surface area contributed by atoms with Gasteiger partial charge < -0.3 is 24.3 Å². The summed E-state index contributed by atoms with van der Waals surface area (Å²) < 4.78 is 21.4. The fourth-order valence-corrected chi connectivity index (χ4v) is 4.58. The van der Waals surface area contributed by atoms with Gasteiger partial charge >= 0.3 is 11.9 Å². The highest BCUT2D eigenvalue weighted by Gasteiger charge is 2.43. The van der Waals surface area contributed by atoms with Crippen molar-refractivity contribution in [3.8, 4) is 11.5 Å². The average molecular weight is 472 g/mol. The summed E-state index contributed by atoms with van der Waals surface area (Å²) in [5.74, 6) is -0.804. The van der Waals surface area contributed by atoms with Crippen LogP contribution in [0.1, 0.15) is 58.9 Å². The van der Waals surface area contributed by atoms with Crippen LogP contribution in [0.2, 0.25) is 0 Å². The summed E-state index contributed by atoms with van der Waals surface area (Å²) in [5.41, 5.74) is 2.97. The number of nitrogens with one attached hydrogen (secondary N) is 1. The number of ketones is 1. The van der Waals surface area contributed by atoms with Crippen molar-refractivity contribution >= 4 is 17.7 Å². The Hall–Kier alpha value is -3.29. The Balaban J connectivity index is 2.08. The van der Waals surface area contributed by atoms with Crippen LogP contribution in [0.25, 0.3) is 0 Å². The van der Waals surface area contributed by atoms with E-state index in [-0.39, 0.29) is 24.4 Å². The second-order valence-electron chi connectivity index (χ2n) is 9.15. The molecule has 1 aromatic rings. The number of dihydropyridines is 1. The van der Waals surface area contributed by atoms with Crippen molar-refractivity contribution in [3.05, 3.63) is 46.3 Å². The van der Waals surface area contributed by atoms with Crippen LogP contribution in [0.3, 0.4) is 0 Å². The molecule has 1 heterocycles. The van der Waals surface area contributed by atoms with Crippen LogP contribution < -0.4 is 14.8 Å². The van der Waals surface area contributed by atoms with Gasteiger partial charge in [-0.2, -0.15) is 0 Å². The molecule has 0 aromatic heterocycles. The van der Waals surface area contributed by atoms with Gasteiger partial charge in [0.05, 0.1) is 25.9 Å². The Labute approximate surface area is 200 Å². The van der Waals surface area contributed by atoms with Crippen LogP contribution in [0, 0.1) is 5.41 Å². The van der Waals surface area contributed by atoms with E-state index in [1.165, 1.54) is 7.11 Å². The Kier molecular flexibility index (Phi) is 7.69. The van der Waals surface area contributed by atoms with Gasteiger partial charge in [0.15, 0.2) is 23.9 Å². The molecule has 1 aliphatic carbocycles. The molecule has 2 aliphatic rings. The number of esters is 2. The molecular weight excluding hydrogens is 438 g/mol. The van der Waals surface area contributed by atoms with Crippen molar-refractivity contribution in [3.63, 3.8) is 0 Å². The zero-order valence-electron chi connectivity index (χ0n) is 20.7. The molecule has 8 heteroatoms. The molecule has 1 atom stereocenters. The number of ether oxygens (including phenoxy) is 4. The molecule has 8 nitrogen and oxygen atoms in total. The van der Waals surface area contributed by atoms with E-state index in [4.69, 9.17) is 18.9 Å². The third-order valence-corrected chi connectivity index (χ3v) is 5.90. The first-order chi connectivity index (χ1) is 16.1. The highest BCUT2D eigenvalue weighted by Crippen LogP contribution is 2.47. The molecular formula is C26H33NO7. The minimum atomic E-state index is -0.606. The number of Topliss-reactive ketones (excluding diaryl/α,β-unsaturated/α-hetero) is 1. The van der Waals surface area contributed by atoms with Gasteiger partial charge in [0, 0.05) is 29.3 Å². The van der Waals surface area contributed by atoms with Crippen molar-refractivity contribution in [2.75, 3.05) is 26.9 Å². The molecule has 1 aromatic carbocycles. The van der Waals surface area contributed by atoms with E-state index in [1.807, 2.05) is 13.8 Å². The summed E-state index contributed by atoms with van der Waals surface area (Å²) in [4.78, 5) is 37.9. The first kappa shape index (κ1) is 25.3. The van der Waals surface area contributed by atoms with Crippen LogP contribution in [-0.4, -0.2) is 44.7 Å². The molecule has 0 saturated carbocycles. The van der Waals surface area contributed by atoms with E-state index in [9.17, 15) is 14.4 Å². The maximum absolute atomic E-state index is 13.3. The Morgan fingerprint density at radius 2 is 1.82 bits per heavy atom. The molecule has 0 spiro atoms. The molecule has 0 bridgehead atoms. The normalized spacial score (nSPS) is 19.2. The van der Waals surface area contributed by atoms with E-state index >= 15 is 0 Å². The summed E-state index contributed by atoms with van der Waals surface area (Å²) in [5, 5.41) is 3.30. The lowest BCUT2D eigenvalue weighted by Crippen LogP contribution is -2.38. The van der Waals surface area contributed by atoms with Gasteiger partial charge in [-0.05, 0) is 50.3 Å². The summed E-state index contributed by atoms with van der Waals surface area (Å²) in [6.45, 7) is 9.87. The van der Waals surface area contributed by atoms with Gasteiger partial charge in [-0.15, -0.1) is 0 Å². The standard InChI is InChI=1S/C26H33NO7/c1-7-32-20-11-16(9-10-19(20)34-14-21(29)33-8-2)23-22(25(30)31-6)15(3)27-17-12-26(4,5)13-18(28)24(17)23/h9-11,23,27H,7-8,12-14H2,1-6H3. The quantitative estimate of drug-likeness (QED) is 0.572. The molecule has 1 aliphatic heterocycles. The summed E-state index contributed by atoms with van der Waals surface area (Å²) >= 11 is 0. The lowest BCUT2D eigenvalue weighted by atomic mass is 9.68. The molecule has 0 fully saturated rings. The van der Waals surface area contributed by atoms with Gasteiger partial charge in [0.2, 0.25) is 0 Å². The van der Waals surface area contributed by atoms with Crippen molar-refractivity contribution in [2.45, 2.75) is 53.4 Å². The summed E-state index contributed by atoms with van der Waals surface area (Å²) in [6, 6.07) is 5.23. The predicted octanol–water partition coefficient (Wildman–Crippen LogP) is 3.80. The summed E-state index contributed by atoms with van der Waals surface area (Å²) in [6.07, 6.45) is 1.08. The molecule has 1 unspecified atom stereocenters. The highest BCUT2D eigenvalue weighted by atomic mass is 16.6. The monoisotopic (exact) mass is 471 g/mol. The number of rotatable bonds is 8. The minimum Gasteiger partial charge on any atom is -0.490 e. The van der Waals surface area contributed by atoms with Crippen molar-refractivity contribution in [2.24, 2.45) is 5.41 Å². The third kappa shape index (κ3) is 5.26. The number of hydrogen-bond donors (Lipinski definition) is 1. The molecule has 184 valence electrons. The maximum Gasteiger partial charge on any atom is 0.344 e. The fraction of sp³-hybridized carbons (Fsp3) is 0.500. The zero-order chi connectivity index (χ0) is 25.0. The maximum atomic E-state index is 13.3. The Morgan fingerprint density at radius 3 is 2.47 bits per heavy atom. The average Bonchev–Trinajstić information content (AvgIpc) is 2.76. The number of allylic oxidation sites excluding steroid dienone is 3. The number of carbonyl (C=O) groups is 3. The van der Waals surface area contributed by atoms with Crippen LogP contribution in [0.5, 0.6) is 11.5 Å². The number of carbonyl (C=O) groups excluding carboxylic acids is 3. The molecule has 0 radical (unpaired) electrons. The molecule has 3 rings (SSSR count). The lowest BCUT2D eigenvalue weighted by Gasteiger charge is -2.39. The van der Waals surface area contributed by atoms with Gasteiger partial charge in [0.25, 0.3) is 0 Å². The smallest absolute Gasteiger partial charge is 0.344 e. The van der Waals surface area contributed by atoms with Crippen molar-refractivity contribution in [1.82, 2.24) is 5.32 Å².